The van der Waals surface area contributed by atoms with Crippen molar-refractivity contribution in [2.75, 3.05) is 5.88 Å². The number of thiazole rings is 1. The topological polar surface area (TPSA) is 17.3 Å². The fourth-order valence-corrected chi connectivity index (χ4v) is 3.50. The van der Waals surface area contributed by atoms with E-state index < -0.39 is 0 Å². The van der Waals surface area contributed by atoms with Gasteiger partial charge in [0.15, 0.2) is 4.96 Å². The molecule has 1 atom stereocenters. The molecule has 3 rings (SSSR count). The summed E-state index contributed by atoms with van der Waals surface area (Å²) >= 11 is 13.8. The predicted octanol–water partition coefficient (Wildman–Crippen LogP) is 4.69. The first-order valence-corrected chi connectivity index (χ1v) is 8.25. The second kappa shape index (κ2) is 6.17. The van der Waals surface area contributed by atoms with Crippen molar-refractivity contribution >= 4 is 39.5 Å². The Hall–Kier alpha value is -1.03. The SMILES string of the molecule is ClCC(Cc1cccc(Cl)c1)Cc1cn2ccsc2n1. The number of rotatable bonds is 5. The molecule has 0 amide bonds. The maximum Gasteiger partial charge on any atom is 0.193 e. The van der Waals surface area contributed by atoms with Gasteiger partial charge in [0.25, 0.3) is 0 Å². The maximum absolute atomic E-state index is 6.11. The van der Waals surface area contributed by atoms with E-state index in [-0.39, 0.29) is 0 Å². The Bertz CT molecular complexity index is 676. The molecular weight excluding hydrogens is 311 g/mol. The van der Waals surface area contributed by atoms with Gasteiger partial charge in [-0.3, -0.25) is 4.40 Å². The molecule has 0 bridgehead atoms. The molecule has 0 aliphatic carbocycles. The monoisotopic (exact) mass is 324 g/mol. The Labute approximate surface area is 132 Å². The van der Waals surface area contributed by atoms with Crippen molar-refractivity contribution in [1.82, 2.24) is 9.38 Å². The molecule has 1 unspecified atom stereocenters. The first kappa shape index (κ1) is 13.9. The molecule has 0 spiro atoms. The van der Waals surface area contributed by atoms with Crippen LogP contribution in [0.25, 0.3) is 4.96 Å². The number of hydrogen-bond donors (Lipinski definition) is 0. The molecule has 0 saturated carbocycles. The molecule has 0 aliphatic heterocycles. The molecule has 2 nitrogen and oxygen atoms in total. The zero-order chi connectivity index (χ0) is 13.9. The molecule has 2 aromatic heterocycles. The normalized spacial score (nSPS) is 12.9. The Kier molecular flexibility index (Phi) is 4.29. The highest BCUT2D eigenvalue weighted by Gasteiger charge is 2.13. The summed E-state index contributed by atoms with van der Waals surface area (Å²) in [5.41, 5.74) is 2.33. The van der Waals surface area contributed by atoms with Gasteiger partial charge in [0, 0.05) is 28.7 Å². The summed E-state index contributed by atoms with van der Waals surface area (Å²) in [6.45, 7) is 0. The predicted molar refractivity (Wildman–Crippen MR) is 86.1 cm³/mol. The van der Waals surface area contributed by atoms with Gasteiger partial charge in [0.2, 0.25) is 0 Å². The fourth-order valence-electron chi connectivity index (χ4n) is 2.35. The number of halogens is 2. The molecule has 0 fully saturated rings. The van der Waals surface area contributed by atoms with Crippen LogP contribution in [0.5, 0.6) is 0 Å². The Morgan fingerprint density at radius 2 is 2.20 bits per heavy atom. The summed E-state index contributed by atoms with van der Waals surface area (Å²) in [5, 5.41) is 2.82. The number of aromatic nitrogens is 2. The molecule has 0 radical (unpaired) electrons. The van der Waals surface area contributed by atoms with E-state index in [4.69, 9.17) is 23.2 Å². The van der Waals surface area contributed by atoms with E-state index in [1.54, 1.807) is 11.3 Å². The first-order valence-electron chi connectivity index (χ1n) is 6.46. The number of imidazole rings is 1. The van der Waals surface area contributed by atoms with Crippen LogP contribution in [0.3, 0.4) is 0 Å². The Morgan fingerprint density at radius 3 is 2.95 bits per heavy atom. The number of fused-ring (bicyclic) bond motifs is 1. The lowest BCUT2D eigenvalue weighted by molar-refractivity contribution is 0.577. The molecule has 0 N–H and O–H groups in total. The molecule has 20 heavy (non-hydrogen) atoms. The van der Waals surface area contributed by atoms with Gasteiger partial charge in [-0.2, -0.15) is 0 Å². The maximum atomic E-state index is 6.11. The third-order valence-corrected chi connectivity index (χ3v) is 4.71. The van der Waals surface area contributed by atoms with E-state index in [9.17, 15) is 0 Å². The van der Waals surface area contributed by atoms with Gasteiger partial charge in [0.1, 0.15) is 0 Å². The second-order valence-electron chi connectivity index (χ2n) is 4.88. The molecule has 3 aromatic rings. The lowest BCUT2D eigenvalue weighted by Crippen LogP contribution is -2.10. The number of alkyl halides is 1. The Balaban J connectivity index is 1.72. The van der Waals surface area contributed by atoms with E-state index in [2.05, 4.69) is 21.6 Å². The van der Waals surface area contributed by atoms with Gasteiger partial charge in [-0.15, -0.1) is 22.9 Å². The summed E-state index contributed by atoms with van der Waals surface area (Å²) in [7, 11) is 0. The van der Waals surface area contributed by atoms with E-state index >= 15 is 0 Å². The minimum atomic E-state index is 0.375. The number of hydrogen-bond acceptors (Lipinski definition) is 2. The highest BCUT2D eigenvalue weighted by atomic mass is 35.5. The lowest BCUT2D eigenvalue weighted by Gasteiger charge is -2.12. The largest absolute Gasteiger partial charge is 0.297 e. The van der Waals surface area contributed by atoms with Crippen LogP contribution in [0.4, 0.5) is 0 Å². The highest BCUT2D eigenvalue weighted by molar-refractivity contribution is 7.15. The van der Waals surface area contributed by atoms with Crippen LogP contribution >= 0.6 is 34.5 Å². The lowest BCUT2D eigenvalue weighted by atomic mass is 9.97. The van der Waals surface area contributed by atoms with Crippen LogP contribution in [0.2, 0.25) is 5.02 Å². The van der Waals surface area contributed by atoms with Gasteiger partial charge >= 0.3 is 0 Å². The smallest absolute Gasteiger partial charge is 0.193 e. The van der Waals surface area contributed by atoms with Crippen LogP contribution in [-0.2, 0) is 12.8 Å². The summed E-state index contributed by atoms with van der Waals surface area (Å²) in [6, 6.07) is 7.98. The summed E-state index contributed by atoms with van der Waals surface area (Å²) in [6.07, 6.45) is 5.94. The molecule has 1 aromatic carbocycles. The van der Waals surface area contributed by atoms with Crippen molar-refractivity contribution in [3.63, 3.8) is 0 Å². The molecule has 2 heterocycles. The zero-order valence-electron chi connectivity index (χ0n) is 10.8. The van der Waals surface area contributed by atoms with Crippen molar-refractivity contribution < 1.29 is 0 Å². The van der Waals surface area contributed by atoms with E-state index in [1.807, 2.05) is 29.8 Å². The van der Waals surface area contributed by atoms with E-state index in [0.717, 1.165) is 28.5 Å². The highest BCUT2D eigenvalue weighted by Crippen LogP contribution is 2.20. The van der Waals surface area contributed by atoms with Crippen LogP contribution in [0.1, 0.15) is 11.3 Å². The van der Waals surface area contributed by atoms with Crippen molar-refractivity contribution in [2.45, 2.75) is 12.8 Å². The van der Waals surface area contributed by atoms with Crippen molar-refractivity contribution in [1.29, 1.82) is 0 Å². The van der Waals surface area contributed by atoms with Crippen molar-refractivity contribution in [3.05, 3.63) is 58.3 Å². The number of benzene rings is 1. The molecular formula is C15H14Cl2N2S. The van der Waals surface area contributed by atoms with Crippen molar-refractivity contribution in [3.8, 4) is 0 Å². The van der Waals surface area contributed by atoms with Gasteiger partial charge in [-0.05, 0) is 36.5 Å². The molecule has 0 aliphatic rings. The van der Waals surface area contributed by atoms with E-state index in [0.29, 0.717) is 11.8 Å². The summed E-state index contributed by atoms with van der Waals surface area (Å²) in [4.78, 5) is 5.65. The van der Waals surface area contributed by atoms with E-state index in [1.165, 1.54) is 5.56 Å². The Morgan fingerprint density at radius 1 is 1.30 bits per heavy atom. The van der Waals surface area contributed by atoms with Crippen LogP contribution in [-0.4, -0.2) is 15.3 Å². The third-order valence-electron chi connectivity index (χ3n) is 3.27. The summed E-state index contributed by atoms with van der Waals surface area (Å²) < 4.78 is 2.06. The molecule has 104 valence electrons. The zero-order valence-corrected chi connectivity index (χ0v) is 13.1. The fraction of sp³-hybridized carbons (Fsp3) is 0.267. The van der Waals surface area contributed by atoms with Crippen LogP contribution in [0, 0.1) is 5.92 Å². The third kappa shape index (κ3) is 3.17. The summed E-state index contributed by atoms with van der Waals surface area (Å²) in [5.74, 6) is 0.997. The minimum absolute atomic E-state index is 0.375. The van der Waals surface area contributed by atoms with Gasteiger partial charge in [-0.25, -0.2) is 4.98 Å². The number of nitrogens with zero attached hydrogens (tertiary/aromatic N) is 2. The average molecular weight is 325 g/mol. The molecule has 0 saturated heterocycles. The van der Waals surface area contributed by atoms with Crippen molar-refractivity contribution in [2.24, 2.45) is 5.92 Å². The second-order valence-corrected chi connectivity index (χ2v) is 6.50. The first-order chi connectivity index (χ1) is 9.74. The standard InChI is InChI=1S/C15H14Cl2N2S/c16-9-12(6-11-2-1-3-13(17)7-11)8-14-10-19-4-5-20-15(19)18-14/h1-5,7,10,12H,6,8-9H2. The molecule has 5 heteroatoms. The van der Waals surface area contributed by atoms with Gasteiger partial charge in [0.05, 0.1) is 5.69 Å². The average Bonchev–Trinajstić information content (AvgIpc) is 2.98. The van der Waals surface area contributed by atoms with Gasteiger partial charge in [-0.1, -0.05) is 23.7 Å². The minimum Gasteiger partial charge on any atom is -0.297 e. The van der Waals surface area contributed by atoms with Gasteiger partial charge < -0.3 is 0 Å². The quantitative estimate of drug-likeness (QED) is 0.622. The van der Waals surface area contributed by atoms with Crippen LogP contribution < -0.4 is 0 Å². The van der Waals surface area contributed by atoms with Crippen LogP contribution in [0.15, 0.2) is 42.0 Å².